The number of likely N-dealkylation sites (N-methyl/N-ethyl adjacent to an activating group) is 1. The molecule has 0 spiro atoms. The van der Waals surface area contributed by atoms with E-state index in [4.69, 9.17) is 0 Å². The zero-order valence-corrected chi connectivity index (χ0v) is 21.5. The Balaban J connectivity index is 1.26. The van der Waals surface area contributed by atoms with Gasteiger partial charge in [0, 0.05) is 50.5 Å². The van der Waals surface area contributed by atoms with Crippen molar-refractivity contribution in [3.05, 3.63) is 57.9 Å². The molecule has 2 aromatic carbocycles. The summed E-state index contributed by atoms with van der Waals surface area (Å²) >= 11 is 0. The van der Waals surface area contributed by atoms with Gasteiger partial charge in [0.25, 0.3) is 11.5 Å². The predicted molar refractivity (Wildman–Crippen MR) is 149 cm³/mol. The Morgan fingerprint density at radius 3 is 2.63 bits per heavy atom. The Morgan fingerprint density at radius 1 is 1.05 bits per heavy atom. The van der Waals surface area contributed by atoms with E-state index in [0.29, 0.717) is 23.3 Å². The molecule has 38 heavy (non-hydrogen) atoms. The highest BCUT2D eigenvalue weighted by Gasteiger charge is 2.26. The topological polar surface area (TPSA) is 96.6 Å². The fourth-order valence-electron chi connectivity index (χ4n) is 5.46. The summed E-state index contributed by atoms with van der Waals surface area (Å²) in [6.07, 6.45) is 3.99. The monoisotopic (exact) mass is 517 g/mol. The SMILES string of the molecule is CN1CCN(c2ccc3c(c2)NC(=O)/C3=C\c2nc3cc(NCCN4CCCC4)c(F)cc3c(=O)[nH]2)CC1. The van der Waals surface area contributed by atoms with E-state index in [1.807, 2.05) is 18.2 Å². The number of benzene rings is 2. The number of fused-ring (bicyclic) bond motifs is 2. The Bertz CT molecular complexity index is 1470. The maximum Gasteiger partial charge on any atom is 0.259 e. The summed E-state index contributed by atoms with van der Waals surface area (Å²) in [4.78, 5) is 39.8. The van der Waals surface area contributed by atoms with Crippen molar-refractivity contribution in [2.45, 2.75) is 12.8 Å². The van der Waals surface area contributed by atoms with Crippen molar-refractivity contribution in [3.63, 3.8) is 0 Å². The molecule has 6 rings (SSSR count). The van der Waals surface area contributed by atoms with E-state index < -0.39 is 11.4 Å². The second kappa shape index (κ2) is 10.2. The van der Waals surface area contributed by atoms with Crippen molar-refractivity contribution < 1.29 is 9.18 Å². The molecule has 3 aliphatic rings. The molecule has 4 heterocycles. The van der Waals surface area contributed by atoms with Crippen LogP contribution in [0.3, 0.4) is 0 Å². The molecule has 0 bridgehead atoms. The Morgan fingerprint density at radius 2 is 1.84 bits per heavy atom. The minimum Gasteiger partial charge on any atom is -0.381 e. The minimum atomic E-state index is -0.488. The van der Waals surface area contributed by atoms with Gasteiger partial charge in [0.15, 0.2) is 0 Å². The quantitative estimate of drug-likeness (QED) is 0.433. The smallest absolute Gasteiger partial charge is 0.259 e. The molecule has 198 valence electrons. The number of carbonyl (C=O) groups is 1. The van der Waals surface area contributed by atoms with Crippen molar-refractivity contribution in [3.8, 4) is 0 Å². The van der Waals surface area contributed by atoms with Crippen LogP contribution in [-0.2, 0) is 4.79 Å². The molecule has 1 aromatic heterocycles. The number of aromatic amines is 1. The number of amides is 1. The molecular weight excluding hydrogens is 485 g/mol. The second-order valence-electron chi connectivity index (χ2n) is 10.3. The van der Waals surface area contributed by atoms with Gasteiger partial charge in [0.05, 0.1) is 27.9 Å². The van der Waals surface area contributed by atoms with E-state index in [0.717, 1.165) is 62.8 Å². The van der Waals surface area contributed by atoms with Gasteiger partial charge in [-0.05, 0) is 63.3 Å². The average molecular weight is 518 g/mol. The molecule has 10 heteroatoms. The Kier molecular flexibility index (Phi) is 6.59. The molecule has 9 nitrogen and oxygen atoms in total. The Labute approximate surface area is 220 Å². The van der Waals surface area contributed by atoms with Gasteiger partial charge >= 0.3 is 0 Å². The zero-order valence-electron chi connectivity index (χ0n) is 21.5. The number of carbonyl (C=O) groups excluding carboxylic acids is 1. The normalized spacial score (nSPS) is 19.4. The lowest BCUT2D eigenvalue weighted by molar-refractivity contribution is -0.110. The third kappa shape index (κ3) is 4.89. The first-order chi connectivity index (χ1) is 18.4. The van der Waals surface area contributed by atoms with Gasteiger partial charge in [-0.25, -0.2) is 9.37 Å². The average Bonchev–Trinajstić information content (AvgIpc) is 3.53. The number of hydrogen-bond acceptors (Lipinski definition) is 7. The van der Waals surface area contributed by atoms with Crippen LogP contribution in [0.4, 0.5) is 21.5 Å². The summed E-state index contributed by atoms with van der Waals surface area (Å²) in [6, 6.07) is 8.74. The number of rotatable bonds is 6. The molecule has 0 radical (unpaired) electrons. The molecule has 3 N–H and O–H groups in total. The Hall–Kier alpha value is -3.76. The lowest BCUT2D eigenvalue weighted by Gasteiger charge is -2.34. The van der Waals surface area contributed by atoms with Gasteiger partial charge in [-0.1, -0.05) is 6.07 Å². The molecule has 1 amide bonds. The molecule has 3 aromatic rings. The van der Waals surface area contributed by atoms with Gasteiger partial charge in [0.2, 0.25) is 0 Å². The van der Waals surface area contributed by atoms with Crippen molar-refractivity contribution in [2.24, 2.45) is 0 Å². The van der Waals surface area contributed by atoms with Crippen LogP contribution < -0.4 is 21.1 Å². The number of likely N-dealkylation sites (tertiary alicyclic amines) is 1. The lowest BCUT2D eigenvalue weighted by Crippen LogP contribution is -2.44. The number of halogens is 1. The van der Waals surface area contributed by atoms with Crippen LogP contribution in [0.15, 0.2) is 35.1 Å². The summed E-state index contributed by atoms with van der Waals surface area (Å²) in [5.74, 6) is -0.488. The van der Waals surface area contributed by atoms with Crippen LogP contribution in [0, 0.1) is 5.82 Å². The van der Waals surface area contributed by atoms with E-state index in [1.54, 1.807) is 12.1 Å². The third-order valence-corrected chi connectivity index (χ3v) is 7.69. The van der Waals surface area contributed by atoms with Crippen LogP contribution in [0.25, 0.3) is 22.6 Å². The molecule has 2 saturated heterocycles. The van der Waals surface area contributed by atoms with Crippen molar-refractivity contribution in [1.82, 2.24) is 19.8 Å². The number of hydrogen-bond donors (Lipinski definition) is 3. The molecule has 2 fully saturated rings. The van der Waals surface area contributed by atoms with Gasteiger partial charge < -0.3 is 30.3 Å². The van der Waals surface area contributed by atoms with Crippen molar-refractivity contribution >= 4 is 45.5 Å². The first-order valence-corrected chi connectivity index (χ1v) is 13.3. The highest BCUT2D eigenvalue weighted by molar-refractivity contribution is 6.34. The van der Waals surface area contributed by atoms with E-state index in [1.165, 1.54) is 18.9 Å². The van der Waals surface area contributed by atoms with Crippen LogP contribution >= 0.6 is 0 Å². The summed E-state index contributed by atoms with van der Waals surface area (Å²) < 4.78 is 14.7. The summed E-state index contributed by atoms with van der Waals surface area (Å²) in [7, 11) is 2.12. The first kappa shape index (κ1) is 24.6. The van der Waals surface area contributed by atoms with Crippen LogP contribution in [0.2, 0.25) is 0 Å². The molecule has 3 aliphatic heterocycles. The highest BCUT2D eigenvalue weighted by Crippen LogP contribution is 2.36. The fraction of sp³-hybridized carbons (Fsp3) is 0.393. The first-order valence-electron chi connectivity index (χ1n) is 13.3. The summed E-state index contributed by atoms with van der Waals surface area (Å²) in [5, 5.41) is 6.26. The molecular formula is C28H32FN7O2. The van der Waals surface area contributed by atoms with Crippen LogP contribution in [0.1, 0.15) is 24.2 Å². The van der Waals surface area contributed by atoms with Gasteiger partial charge in [-0.2, -0.15) is 0 Å². The van der Waals surface area contributed by atoms with Crippen molar-refractivity contribution in [2.75, 3.05) is 74.9 Å². The second-order valence-corrected chi connectivity index (χ2v) is 10.3. The van der Waals surface area contributed by atoms with Gasteiger partial charge in [-0.3, -0.25) is 9.59 Å². The molecule has 0 aliphatic carbocycles. The summed E-state index contributed by atoms with van der Waals surface area (Å²) in [5.41, 5.74) is 3.24. The zero-order chi connectivity index (χ0) is 26.2. The lowest BCUT2D eigenvalue weighted by atomic mass is 10.1. The third-order valence-electron chi connectivity index (χ3n) is 7.69. The van der Waals surface area contributed by atoms with Gasteiger partial charge in [-0.15, -0.1) is 0 Å². The number of nitrogens with zero attached hydrogens (tertiary/aromatic N) is 4. The minimum absolute atomic E-state index is 0.169. The number of aromatic nitrogens is 2. The maximum atomic E-state index is 14.7. The standard InChI is InChI=1S/C28H32FN7O2/c1-34-10-12-36(13-11-34)18-4-5-19-20(27(37)32-23(19)14-18)16-26-31-24-17-25(22(29)15-21(24)28(38)33-26)30-6-9-35-7-2-3-8-35/h4-5,14-17,30H,2-3,6-13H2,1H3,(H,32,37)(H,31,33,38)/b20-16-. The van der Waals surface area contributed by atoms with Crippen LogP contribution in [0.5, 0.6) is 0 Å². The van der Waals surface area contributed by atoms with E-state index in [2.05, 4.69) is 42.3 Å². The largest absolute Gasteiger partial charge is 0.381 e. The number of piperazine rings is 1. The van der Waals surface area contributed by atoms with Crippen molar-refractivity contribution in [1.29, 1.82) is 0 Å². The van der Waals surface area contributed by atoms with E-state index >= 15 is 0 Å². The maximum absolute atomic E-state index is 14.7. The van der Waals surface area contributed by atoms with Crippen LogP contribution in [-0.4, -0.2) is 85.1 Å². The highest BCUT2D eigenvalue weighted by atomic mass is 19.1. The molecule has 0 saturated carbocycles. The summed E-state index contributed by atoms with van der Waals surface area (Å²) in [6.45, 7) is 7.45. The molecule has 0 atom stereocenters. The molecule has 0 unspecified atom stereocenters. The van der Waals surface area contributed by atoms with Gasteiger partial charge in [0.1, 0.15) is 11.6 Å². The van der Waals surface area contributed by atoms with E-state index in [9.17, 15) is 14.0 Å². The number of nitrogens with one attached hydrogen (secondary N) is 3. The fourth-order valence-corrected chi connectivity index (χ4v) is 5.46. The van der Waals surface area contributed by atoms with E-state index in [-0.39, 0.29) is 17.1 Å². The number of H-pyrrole nitrogens is 1. The predicted octanol–water partition coefficient (Wildman–Crippen LogP) is 2.81. The number of anilines is 3.